The van der Waals surface area contributed by atoms with Crippen LogP contribution >= 0.6 is 0 Å². The van der Waals surface area contributed by atoms with Crippen LogP contribution in [0.4, 0.5) is 0 Å². The van der Waals surface area contributed by atoms with E-state index in [1.54, 1.807) is 0 Å². The molecule has 2 fully saturated rings. The minimum absolute atomic E-state index is 0.654. The van der Waals surface area contributed by atoms with E-state index in [-0.39, 0.29) is 0 Å². The minimum Gasteiger partial charge on any atom is -0.548 e. The summed E-state index contributed by atoms with van der Waals surface area (Å²) in [5.41, 5.74) is 0. The first-order valence-electron chi connectivity index (χ1n) is 5.49. The van der Waals surface area contributed by atoms with Crippen molar-refractivity contribution in [3.8, 4) is 0 Å². The van der Waals surface area contributed by atoms with Gasteiger partial charge >= 0.3 is 0 Å². The summed E-state index contributed by atoms with van der Waals surface area (Å²) in [6.45, 7) is 3.83. The molecule has 0 saturated carbocycles. The van der Waals surface area contributed by atoms with Crippen molar-refractivity contribution in [1.29, 1.82) is 0 Å². The normalized spacial score (nSPS) is 37.9. The Balaban J connectivity index is 2.56. The second-order valence-corrected chi connectivity index (χ2v) is 7.90. The summed E-state index contributed by atoms with van der Waals surface area (Å²) in [4.78, 5) is 23.7. The summed E-state index contributed by atoms with van der Waals surface area (Å²) in [6.07, 6.45) is -1.13. The lowest BCUT2D eigenvalue weighted by Gasteiger charge is -2.45. The lowest BCUT2D eigenvalue weighted by Crippen LogP contribution is -2.67. The van der Waals surface area contributed by atoms with E-state index in [0.717, 1.165) is 4.90 Å². The van der Waals surface area contributed by atoms with Gasteiger partial charge in [0.2, 0.25) is 5.91 Å². The summed E-state index contributed by atoms with van der Waals surface area (Å²) in [5.74, 6) is -3.33. The topological polar surface area (TPSA) is 115 Å². The van der Waals surface area contributed by atoms with Gasteiger partial charge in [0, 0.05) is 0 Å². The van der Waals surface area contributed by atoms with E-state index in [1.807, 2.05) is 0 Å². The van der Waals surface area contributed by atoms with Gasteiger partial charge in [0.15, 0.2) is 9.84 Å². The molecule has 0 radical (unpaired) electrons. The maximum atomic E-state index is 12.3. The van der Waals surface area contributed by atoms with Crippen LogP contribution in [0.25, 0.3) is 0 Å². The van der Waals surface area contributed by atoms with Crippen LogP contribution in [0.1, 0.15) is 20.8 Å². The van der Waals surface area contributed by atoms with E-state index >= 15 is 0 Å². The fourth-order valence-corrected chi connectivity index (χ4v) is 5.17. The number of carboxylic acids is 1. The smallest absolute Gasteiger partial charge is 0.233 e. The van der Waals surface area contributed by atoms with Gasteiger partial charge in [-0.05, 0) is 20.8 Å². The zero-order chi connectivity index (χ0) is 14.0. The van der Waals surface area contributed by atoms with Crippen molar-refractivity contribution in [3.63, 3.8) is 0 Å². The van der Waals surface area contributed by atoms with Crippen molar-refractivity contribution < 1.29 is 28.2 Å². The van der Waals surface area contributed by atoms with E-state index in [4.69, 9.17) is 0 Å². The third-order valence-electron chi connectivity index (χ3n) is 3.85. The second-order valence-electron chi connectivity index (χ2n) is 5.27. The van der Waals surface area contributed by atoms with Crippen LogP contribution in [-0.2, 0) is 19.4 Å². The molecule has 2 aliphatic heterocycles. The lowest BCUT2D eigenvalue weighted by atomic mass is 9.88. The highest BCUT2D eigenvalue weighted by Gasteiger charge is 2.71. The van der Waals surface area contributed by atoms with Gasteiger partial charge in [-0.25, -0.2) is 8.42 Å². The number of sulfone groups is 1. The second kappa shape index (κ2) is 3.45. The number of hydrogen-bond acceptors (Lipinski definition) is 6. The lowest BCUT2D eigenvalue weighted by molar-refractivity contribution is -0.313. The van der Waals surface area contributed by atoms with E-state index in [9.17, 15) is 28.2 Å². The zero-order valence-corrected chi connectivity index (χ0v) is 11.0. The molecule has 2 heterocycles. The molecule has 1 N–H and O–H groups in total. The van der Waals surface area contributed by atoms with Crippen LogP contribution < -0.4 is 5.11 Å². The van der Waals surface area contributed by atoms with Crippen LogP contribution in [0.3, 0.4) is 0 Å². The van der Waals surface area contributed by atoms with Gasteiger partial charge in [-0.15, -0.1) is 0 Å². The Morgan fingerprint density at radius 1 is 1.50 bits per heavy atom. The number of carboxylic acid groups (broad SMARTS) is 1. The fourth-order valence-electron chi connectivity index (χ4n) is 2.77. The molecule has 1 amide bonds. The Bertz CT molecular complexity index is 522. The number of aliphatic hydroxyl groups is 1. The highest BCUT2D eigenvalue weighted by Crippen LogP contribution is 2.49. The number of aliphatic carboxylic acids is 1. The number of carbonyl (C=O) groups is 2. The van der Waals surface area contributed by atoms with Crippen LogP contribution in [0, 0.1) is 5.92 Å². The molecular formula is C10H14NO6S-. The molecule has 4 atom stereocenters. The van der Waals surface area contributed by atoms with Crippen molar-refractivity contribution in [2.24, 2.45) is 5.92 Å². The molecule has 0 aliphatic carbocycles. The largest absolute Gasteiger partial charge is 0.548 e. The number of aliphatic hydroxyl groups excluding tert-OH is 1. The van der Waals surface area contributed by atoms with Crippen molar-refractivity contribution in [2.45, 2.75) is 43.0 Å². The third-order valence-corrected chi connectivity index (χ3v) is 6.70. The van der Waals surface area contributed by atoms with Crippen LogP contribution in [0.15, 0.2) is 0 Å². The Labute approximate surface area is 104 Å². The minimum atomic E-state index is -3.86. The monoisotopic (exact) mass is 276 g/mol. The number of rotatable bonds is 2. The number of hydrogen-bond donors (Lipinski definition) is 1. The van der Waals surface area contributed by atoms with E-state index in [0.29, 0.717) is 0 Å². The molecule has 18 heavy (non-hydrogen) atoms. The average molecular weight is 276 g/mol. The molecule has 0 aromatic carbocycles. The summed E-state index contributed by atoms with van der Waals surface area (Å²) >= 11 is 0. The van der Waals surface area contributed by atoms with Crippen LogP contribution in [0.2, 0.25) is 0 Å². The van der Waals surface area contributed by atoms with Crippen molar-refractivity contribution in [3.05, 3.63) is 0 Å². The first-order chi connectivity index (χ1) is 8.05. The summed E-state index contributed by atoms with van der Waals surface area (Å²) < 4.78 is 22.9. The standard InChI is InChI=1S/C10H15NO6S/c1-4(12)5-7(13)11-6(9(14)15)10(2,3)18(16,17)8(5)11/h4-6,8,12H,1-3H3,(H,14,15)/p-1/t4-,5+,6+,8-/m1/s1. The molecule has 2 aliphatic rings. The number of fused-ring (bicyclic) bond motifs is 1. The Kier molecular flexibility index (Phi) is 2.54. The predicted molar refractivity (Wildman–Crippen MR) is 57.6 cm³/mol. The molecule has 0 aromatic heterocycles. The molecule has 0 aromatic rings. The quantitative estimate of drug-likeness (QED) is 0.556. The average Bonchev–Trinajstić information content (AvgIpc) is 2.31. The predicted octanol–water partition coefficient (Wildman–Crippen LogP) is -2.52. The Morgan fingerprint density at radius 3 is 2.39 bits per heavy atom. The van der Waals surface area contributed by atoms with Crippen molar-refractivity contribution in [1.82, 2.24) is 4.90 Å². The number of β-lactam (4-membered cyclic amide) rings is 1. The maximum absolute atomic E-state index is 12.3. The summed E-state index contributed by atoms with van der Waals surface area (Å²) in [5, 5.41) is 19.3. The molecule has 2 saturated heterocycles. The van der Waals surface area contributed by atoms with E-state index in [2.05, 4.69) is 0 Å². The Morgan fingerprint density at radius 2 is 2.00 bits per heavy atom. The van der Waals surface area contributed by atoms with Gasteiger partial charge in [0.1, 0.15) is 5.37 Å². The highest BCUT2D eigenvalue weighted by molar-refractivity contribution is 7.93. The molecule has 0 bridgehead atoms. The third kappa shape index (κ3) is 1.24. The first-order valence-corrected chi connectivity index (χ1v) is 7.04. The molecule has 0 unspecified atom stereocenters. The fraction of sp³-hybridized carbons (Fsp3) is 0.800. The van der Waals surface area contributed by atoms with Crippen molar-refractivity contribution >= 4 is 21.7 Å². The van der Waals surface area contributed by atoms with Crippen molar-refractivity contribution in [2.75, 3.05) is 0 Å². The molecule has 2 rings (SSSR count). The van der Waals surface area contributed by atoms with Crippen LogP contribution in [-0.4, -0.2) is 52.6 Å². The summed E-state index contributed by atoms with van der Waals surface area (Å²) in [6, 6.07) is -1.50. The van der Waals surface area contributed by atoms with Crippen LogP contribution in [0.5, 0.6) is 0 Å². The maximum Gasteiger partial charge on any atom is 0.233 e. The molecular weight excluding hydrogens is 262 g/mol. The molecule has 0 spiro atoms. The molecule has 102 valence electrons. The van der Waals surface area contributed by atoms with Gasteiger partial charge in [0.25, 0.3) is 0 Å². The van der Waals surface area contributed by atoms with E-state index < -0.39 is 49.9 Å². The number of carbonyl (C=O) groups excluding carboxylic acids is 2. The molecule has 8 heteroatoms. The SMILES string of the molecule is C[C@@H](O)[C@H]1C(=O)N2[C@@H](C(=O)[O-])C(C)(C)S(=O)(=O)[C@H]12. The number of nitrogens with zero attached hydrogens (tertiary/aromatic N) is 1. The van der Waals surface area contributed by atoms with Gasteiger partial charge in [-0.1, -0.05) is 0 Å². The van der Waals surface area contributed by atoms with Gasteiger partial charge in [-0.3, -0.25) is 4.79 Å². The highest BCUT2D eigenvalue weighted by atomic mass is 32.2. The van der Waals surface area contributed by atoms with E-state index in [1.165, 1.54) is 20.8 Å². The van der Waals surface area contributed by atoms with Gasteiger partial charge < -0.3 is 19.9 Å². The summed E-state index contributed by atoms with van der Waals surface area (Å²) in [7, 11) is -3.86. The van der Waals surface area contributed by atoms with Gasteiger partial charge in [0.05, 0.1) is 28.8 Å². The Hall–Kier alpha value is -1.15. The first kappa shape index (κ1) is 13.3. The molecule has 7 nitrogen and oxygen atoms in total. The number of amides is 1. The zero-order valence-electron chi connectivity index (χ0n) is 10.2. The van der Waals surface area contributed by atoms with Gasteiger partial charge in [-0.2, -0.15) is 0 Å².